The maximum Gasteiger partial charge on any atom is 0.143 e. The summed E-state index contributed by atoms with van der Waals surface area (Å²) in [6.45, 7) is 6.54. The molecule has 0 saturated carbocycles. The van der Waals surface area contributed by atoms with Crippen molar-refractivity contribution < 1.29 is 5.11 Å². The largest absolute Gasteiger partial charge is 0.506 e. The van der Waals surface area contributed by atoms with Crippen molar-refractivity contribution in [3.05, 3.63) is 48.0 Å². The molecule has 1 aromatic heterocycles. The maximum atomic E-state index is 10.2. The van der Waals surface area contributed by atoms with Crippen LogP contribution in [0, 0.1) is 0 Å². The second kappa shape index (κ2) is 4.88. The van der Waals surface area contributed by atoms with Crippen LogP contribution in [0.1, 0.15) is 32.8 Å². The third-order valence-corrected chi connectivity index (χ3v) is 4.14. The summed E-state index contributed by atoms with van der Waals surface area (Å²) in [4.78, 5) is 1.51. The van der Waals surface area contributed by atoms with Crippen molar-refractivity contribution in [2.24, 2.45) is 0 Å². The zero-order valence-electron chi connectivity index (χ0n) is 12.5. The van der Waals surface area contributed by atoms with Crippen LogP contribution in [-0.2, 0) is 5.41 Å². The Balaban J connectivity index is 2.15. The Bertz CT molecular complexity index is 757. The molecule has 0 aliphatic heterocycles. The fourth-order valence-corrected chi connectivity index (χ4v) is 2.28. The van der Waals surface area contributed by atoms with Crippen molar-refractivity contribution in [1.29, 1.82) is 0 Å². The molecule has 0 atom stereocenters. The first kappa shape index (κ1) is 13.6. The van der Waals surface area contributed by atoms with Crippen LogP contribution in [0.15, 0.2) is 42.5 Å². The van der Waals surface area contributed by atoms with Gasteiger partial charge in [0.1, 0.15) is 22.5 Å². The number of aromatic nitrogens is 3. The minimum Gasteiger partial charge on any atom is -0.506 e. The van der Waals surface area contributed by atoms with Crippen LogP contribution < -0.4 is 0 Å². The summed E-state index contributed by atoms with van der Waals surface area (Å²) in [5.41, 5.74) is 3.47. The first-order chi connectivity index (χ1) is 10.0. The highest BCUT2D eigenvalue weighted by Gasteiger charge is 2.20. The molecule has 2 aromatic carbocycles. The Morgan fingerprint density at radius 1 is 1.05 bits per heavy atom. The van der Waals surface area contributed by atoms with Gasteiger partial charge >= 0.3 is 0 Å². The quantitative estimate of drug-likeness (QED) is 0.794. The first-order valence-electron chi connectivity index (χ1n) is 7.17. The fourth-order valence-electron chi connectivity index (χ4n) is 2.28. The molecule has 0 spiro atoms. The van der Waals surface area contributed by atoms with Gasteiger partial charge in [-0.05, 0) is 41.7 Å². The lowest BCUT2D eigenvalue weighted by atomic mass is 9.82. The smallest absolute Gasteiger partial charge is 0.143 e. The monoisotopic (exact) mass is 281 g/mol. The fraction of sp³-hybridized carbons (Fsp3) is 0.294. The summed E-state index contributed by atoms with van der Waals surface area (Å²) >= 11 is 0. The van der Waals surface area contributed by atoms with Gasteiger partial charge in [0.15, 0.2) is 0 Å². The van der Waals surface area contributed by atoms with Crippen molar-refractivity contribution >= 4 is 11.0 Å². The number of hydrogen-bond donors (Lipinski definition) is 1. The van der Waals surface area contributed by atoms with Crippen molar-refractivity contribution in [2.75, 3.05) is 0 Å². The average Bonchev–Trinajstić information content (AvgIpc) is 2.91. The average molecular weight is 281 g/mol. The molecule has 0 radical (unpaired) electrons. The van der Waals surface area contributed by atoms with Crippen molar-refractivity contribution in [3.8, 4) is 11.4 Å². The number of fused-ring (bicyclic) bond motifs is 1. The van der Waals surface area contributed by atoms with Crippen LogP contribution in [0.2, 0.25) is 0 Å². The second-order valence-electron chi connectivity index (χ2n) is 5.92. The molecule has 4 heteroatoms. The molecule has 4 nitrogen and oxygen atoms in total. The molecular formula is C17H19N3O. The van der Waals surface area contributed by atoms with Gasteiger partial charge in [-0.3, -0.25) is 0 Å². The molecule has 0 saturated heterocycles. The van der Waals surface area contributed by atoms with Crippen LogP contribution in [-0.4, -0.2) is 20.1 Å². The topological polar surface area (TPSA) is 50.9 Å². The molecule has 0 fully saturated rings. The molecule has 0 aliphatic carbocycles. The van der Waals surface area contributed by atoms with Gasteiger partial charge in [0.2, 0.25) is 0 Å². The van der Waals surface area contributed by atoms with E-state index < -0.39 is 0 Å². The molecule has 108 valence electrons. The molecule has 3 aromatic rings. The minimum atomic E-state index is 0.0506. The molecule has 0 amide bonds. The zero-order chi connectivity index (χ0) is 15.0. The number of rotatable bonds is 3. The van der Waals surface area contributed by atoms with Gasteiger partial charge in [-0.25, -0.2) is 0 Å². The lowest BCUT2D eigenvalue weighted by Gasteiger charge is -2.24. The number of phenolic OH excluding ortho intramolecular Hbond substituents is 1. The Labute approximate surface area is 124 Å². The summed E-state index contributed by atoms with van der Waals surface area (Å²) in [5, 5.41) is 19.0. The Hall–Kier alpha value is -2.36. The Kier molecular flexibility index (Phi) is 3.16. The third-order valence-electron chi connectivity index (χ3n) is 4.14. The summed E-state index contributed by atoms with van der Waals surface area (Å²) in [5.74, 6) is 0.186. The van der Waals surface area contributed by atoms with Crippen LogP contribution in [0.5, 0.6) is 5.75 Å². The van der Waals surface area contributed by atoms with Gasteiger partial charge in [-0.15, -0.1) is 15.0 Å². The third kappa shape index (κ3) is 2.37. The Morgan fingerprint density at radius 2 is 1.67 bits per heavy atom. The number of phenols is 1. The van der Waals surface area contributed by atoms with Crippen LogP contribution in [0.4, 0.5) is 0 Å². The predicted octanol–water partition coefficient (Wildman–Crippen LogP) is 3.81. The van der Waals surface area contributed by atoms with E-state index in [1.807, 2.05) is 36.4 Å². The van der Waals surface area contributed by atoms with Gasteiger partial charge < -0.3 is 5.11 Å². The molecule has 0 aliphatic rings. The predicted molar refractivity (Wildman–Crippen MR) is 83.8 cm³/mol. The van der Waals surface area contributed by atoms with E-state index in [-0.39, 0.29) is 11.2 Å². The highest BCUT2D eigenvalue weighted by molar-refractivity contribution is 5.73. The van der Waals surface area contributed by atoms with Crippen molar-refractivity contribution in [2.45, 2.75) is 32.6 Å². The normalized spacial score (nSPS) is 12.0. The van der Waals surface area contributed by atoms with E-state index in [0.717, 1.165) is 17.5 Å². The standard InChI is InChI=1S/C17H19N3O/c1-4-17(2,3)12-9-10-16(21)15(11-12)20-18-13-7-5-6-8-14(13)19-20/h5-11,21H,4H2,1-3H3. The lowest BCUT2D eigenvalue weighted by molar-refractivity contribution is 0.463. The van der Waals surface area contributed by atoms with E-state index in [1.54, 1.807) is 6.07 Å². The maximum absolute atomic E-state index is 10.2. The van der Waals surface area contributed by atoms with Crippen LogP contribution >= 0.6 is 0 Å². The summed E-state index contributed by atoms with van der Waals surface area (Å²) in [6, 6.07) is 13.3. The van der Waals surface area contributed by atoms with E-state index in [1.165, 1.54) is 10.4 Å². The van der Waals surface area contributed by atoms with E-state index in [2.05, 4.69) is 31.0 Å². The molecule has 0 bridgehead atoms. The highest BCUT2D eigenvalue weighted by Crippen LogP contribution is 2.31. The van der Waals surface area contributed by atoms with E-state index >= 15 is 0 Å². The van der Waals surface area contributed by atoms with Crippen molar-refractivity contribution in [1.82, 2.24) is 15.0 Å². The van der Waals surface area contributed by atoms with E-state index in [4.69, 9.17) is 0 Å². The van der Waals surface area contributed by atoms with E-state index in [0.29, 0.717) is 5.69 Å². The molecule has 0 unspecified atom stereocenters. The van der Waals surface area contributed by atoms with Crippen LogP contribution in [0.25, 0.3) is 16.7 Å². The summed E-state index contributed by atoms with van der Waals surface area (Å²) in [7, 11) is 0. The molecule has 21 heavy (non-hydrogen) atoms. The van der Waals surface area contributed by atoms with Gasteiger partial charge in [0.05, 0.1) is 0 Å². The first-order valence-corrected chi connectivity index (χ1v) is 7.17. The van der Waals surface area contributed by atoms with Gasteiger partial charge in [0, 0.05) is 0 Å². The van der Waals surface area contributed by atoms with Gasteiger partial charge in [0.25, 0.3) is 0 Å². The summed E-state index contributed by atoms with van der Waals surface area (Å²) < 4.78 is 0. The lowest BCUT2D eigenvalue weighted by Crippen LogP contribution is -2.16. The van der Waals surface area contributed by atoms with Gasteiger partial charge in [-0.2, -0.15) is 0 Å². The van der Waals surface area contributed by atoms with E-state index in [9.17, 15) is 5.11 Å². The van der Waals surface area contributed by atoms with Crippen molar-refractivity contribution in [3.63, 3.8) is 0 Å². The molecule has 1 N–H and O–H groups in total. The second-order valence-corrected chi connectivity index (χ2v) is 5.92. The Morgan fingerprint density at radius 3 is 2.24 bits per heavy atom. The summed E-state index contributed by atoms with van der Waals surface area (Å²) in [6.07, 6.45) is 1.02. The molecule has 3 rings (SSSR count). The zero-order valence-corrected chi connectivity index (χ0v) is 12.5. The minimum absolute atomic E-state index is 0.0506. The number of aromatic hydroxyl groups is 1. The highest BCUT2D eigenvalue weighted by atomic mass is 16.3. The SMILES string of the molecule is CCC(C)(C)c1ccc(O)c(-n2nc3ccccc3n2)c1. The van der Waals surface area contributed by atoms with Gasteiger partial charge in [-0.1, -0.05) is 39.0 Å². The number of hydrogen-bond acceptors (Lipinski definition) is 3. The van der Waals surface area contributed by atoms with Crippen LogP contribution in [0.3, 0.4) is 0 Å². The number of benzene rings is 2. The molecule has 1 heterocycles. The molecular weight excluding hydrogens is 262 g/mol. The number of nitrogens with zero attached hydrogens (tertiary/aromatic N) is 3.